The molecule has 6 nitrogen and oxygen atoms in total. The summed E-state index contributed by atoms with van der Waals surface area (Å²) in [7, 11) is 0. The Kier molecular flexibility index (Phi) is 7.03. The Morgan fingerprint density at radius 1 is 1.17 bits per heavy atom. The number of hydrogen-bond donors (Lipinski definition) is 2. The molecule has 0 spiro atoms. The summed E-state index contributed by atoms with van der Waals surface area (Å²) in [6.07, 6.45) is 0.181. The van der Waals surface area contributed by atoms with Crippen molar-refractivity contribution in [2.24, 2.45) is 0 Å². The van der Waals surface area contributed by atoms with Crippen LogP contribution in [0.25, 0.3) is 11.4 Å². The predicted octanol–water partition coefficient (Wildman–Crippen LogP) is 3.28. The smallest absolute Gasteiger partial charge is 0.257 e. The molecule has 3 rings (SSSR count). The number of aromatic nitrogens is 2. The van der Waals surface area contributed by atoms with Gasteiger partial charge in [-0.05, 0) is 43.7 Å². The quantitative estimate of drug-likeness (QED) is 0.608. The first kappa shape index (κ1) is 21.7. The predicted molar refractivity (Wildman–Crippen MR) is 117 cm³/mol. The Bertz CT molecular complexity index is 1080. The van der Waals surface area contributed by atoms with Crippen molar-refractivity contribution in [3.63, 3.8) is 0 Å². The molecule has 1 amide bonds. The lowest BCUT2D eigenvalue weighted by Crippen LogP contribution is -2.36. The molecule has 30 heavy (non-hydrogen) atoms. The molecular weight excluding hydrogens is 402 g/mol. The van der Waals surface area contributed by atoms with E-state index in [1.54, 1.807) is 31.2 Å². The molecule has 0 saturated heterocycles. The second-order valence-corrected chi connectivity index (χ2v) is 7.51. The summed E-state index contributed by atoms with van der Waals surface area (Å²) < 4.78 is 1.36. The van der Waals surface area contributed by atoms with Gasteiger partial charge < -0.3 is 10.4 Å². The van der Waals surface area contributed by atoms with Crippen molar-refractivity contribution in [1.82, 2.24) is 14.9 Å². The lowest BCUT2D eigenvalue weighted by molar-refractivity contribution is -0.122. The van der Waals surface area contributed by atoms with E-state index in [0.717, 1.165) is 5.56 Å². The first-order valence-electron chi connectivity index (χ1n) is 9.72. The van der Waals surface area contributed by atoms with Crippen LogP contribution in [0.5, 0.6) is 0 Å². The van der Waals surface area contributed by atoms with Gasteiger partial charge in [-0.1, -0.05) is 41.9 Å². The third-order valence-electron chi connectivity index (χ3n) is 4.91. The average molecular weight is 426 g/mol. The molecule has 1 heterocycles. The Balaban J connectivity index is 1.96. The second kappa shape index (κ2) is 9.69. The summed E-state index contributed by atoms with van der Waals surface area (Å²) in [5, 5.41) is 12.8. The Morgan fingerprint density at radius 3 is 2.47 bits per heavy atom. The molecule has 1 atom stereocenters. The molecule has 0 saturated carbocycles. The summed E-state index contributed by atoms with van der Waals surface area (Å²) in [6, 6.07) is 16.3. The van der Waals surface area contributed by atoms with Crippen molar-refractivity contribution in [2.45, 2.75) is 32.9 Å². The van der Waals surface area contributed by atoms with Crippen molar-refractivity contribution in [2.75, 3.05) is 6.61 Å². The monoisotopic (exact) mass is 425 g/mol. The van der Waals surface area contributed by atoms with Gasteiger partial charge in [0.1, 0.15) is 12.4 Å². The molecule has 0 unspecified atom stereocenters. The molecule has 0 fully saturated rings. The van der Waals surface area contributed by atoms with Crippen LogP contribution in [0, 0.1) is 6.92 Å². The van der Waals surface area contributed by atoms with Gasteiger partial charge in [0.2, 0.25) is 5.91 Å². The summed E-state index contributed by atoms with van der Waals surface area (Å²) >= 11 is 5.99. The molecule has 0 radical (unpaired) electrons. The molecule has 0 bridgehead atoms. The van der Waals surface area contributed by atoms with Crippen molar-refractivity contribution >= 4 is 17.5 Å². The third-order valence-corrected chi connectivity index (χ3v) is 5.16. The number of halogens is 1. The van der Waals surface area contributed by atoms with Crippen LogP contribution in [-0.2, 0) is 17.8 Å². The first-order valence-corrected chi connectivity index (χ1v) is 10.1. The van der Waals surface area contributed by atoms with E-state index in [1.165, 1.54) is 4.57 Å². The van der Waals surface area contributed by atoms with Gasteiger partial charge in [0.25, 0.3) is 5.56 Å². The van der Waals surface area contributed by atoms with Crippen LogP contribution in [-0.4, -0.2) is 27.2 Å². The topological polar surface area (TPSA) is 84.2 Å². The Labute approximate surface area is 180 Å². The van der Waals surface area contributed by atoms with Crippen LogP contribution in [0.15, 0.2) is 59.4 Å². The number of rotatable bonds is 7. The highest BCUT2D eigenvalue weighted by molar-refractivity contribution is 6.30. The fourth-order valence-electron chi connectivity index (χ4n) is 3.32. The van der Waals surface area contributed by atoms with E-state index in [2.05, 4.69) is 10.3 Å². The van der Waals surface area contributed by atoms with Gasteiger partial charge >= 0.3 is 0 Å². The van der Waals surface area contributed by atoms with Crippen LogP contribution in [0.3, 0.4) is 0 Å². The zero-order chi connectivity index (χ0) is 21.7. The van der Waals surface area contributed by atoms with Gasteiger partial charge in [0.05, 0.1) is 6.04 Å². The SMILES string of the molecule is Cc1nc(-c2ccc(Cl)cc2)n(CC(=O)N[C@H](C)c2ccccc2)c(=O)c1CCO. The number of carbonyl (C=O) groups is 1. The van der Waals surface area contributed by atoms with E-state index in [1.807, 2.05) is 37.3 Å². The molecule has 2 N–H and O–H groups in total. The molecule has 7 heteroatoms. The van der Waals surface area contributed by atoms with Crippen molar-refractivity contribution in [3.8, 4) is 11.4 Å². The average Bonchev–Trinajstić information content (AvgIpc) is 2.74. The zero-order valence-electron chi connectivity index (χ0n) is 16.9. The molecule has 0 aliphatic carbocycles. The molecule has 0 aliphatic rings. The molecule has 1 aromatic heterocycles. The van der Waals surface area contributed by atoms with Crippen molar-refractivity contribution < 1.29 is 9.90 Å². The highest BCUT2D eigenvalue weighted by Gasteiger charge is 2.18. The Morgan fingerprint density at radius 2 is 1.83 bits per heavy atom. The maximum Gasteiger partial charge on any atom is 0.257 e. The highest BCUT2D eigenvalue weighted by Crippen LogP contribution is 2.20. The fraction of sp³-hybridized carbons (Fsp3) is 0.261. The number of benzene rings is 2. The lowest BCUT2D eigenvalue weighted by Gasteiger charge is -2.18. The Hall–Kier alpha value is -2.96. The lowest BCUT2D eigenvalue weighted by atomic mass is 10.1. The number of amides is 1. The summed E-state index contributed by atoms with van der Waals surface area (Å²) in [4.78, 5) is 30.5. The third kappa shape index (κ3) is 4.96. The fourth-order valence-corrected chi connectivity index (χ4v) is 3.45. The van der Waals surface area contributed by atoms with Crippen LogP contribution in [0.1, 0.15) is 29.8 Å². The number of nitrogens with zero attached hydrogens (tertiary/aromatic N) is 2. The van der Waals surface area contributed by atoms with Gasteiger partial charge in [-0.15, -0.1) is 0 Å². The van der Waals surface area contributed by atoms with Crippen LogP contribution >= 0.6 is 11.6 Å². The minimum Gasteiger partial charge on any atom is -0.396 e. The maximum atomic E-state index is 13.1. The van der Waals surface area contributed by atoms with Crippen LogP contribution in [0.4, 0.5) is 0 Å². The minimum atomic E-state index is -0.330. The van der Waals surface area contributed by atoms with Gasteiger partial charge in [0, 0.05) is 34.9 Å². The number of aliphatic hydroxyl groups excluding tert-OH is 1. The first-order chi connectivity index (χ1) is 14.4. The van der Waals surface area contributed by atoms with E-state index < -0.39 is 0 Å². The summed E-state index contributed by atoms with van der Waals surface area (Å²) in [6.45, 7) is 3.27. The van der Waals surface area contributed by atoms with E-state index in [-0.39, 0.29) is 37.1 Å². The number of nitrogens with one attached hydrogen (secondary N) is 1. The minimum absolute atomic E-state index is 0.171. The molecule has 0 aliphatic heterocycles. The number of hydrogen-bond acceptors (Lipinski definition) is 4. The zero-order valence-corrected chi connectivity index (χ0v) is 17.7. The van der Waals surface area contributed by atoms with Crippen LogP contribution < -0.4 is 10.9 Å². The van der Waals surface area contributed by atoms with Gasteiger partial charge in [-0.3, -0.25) is 14.2 Å². The van der Waals surface area contributed by atoms with E-state index in [9.17, 15) is 14.7 Å². The molecule has 2 aromatic carbocycles. The van der Waals surface area contributed by atoms with Crippen molar-refractivity contribution in [1.29, 1.82) is 0 Å². The van der Waals surface area contributed by atoms with E-state index in [4.69, 9.17) is 11.6 Å². The molecule has 3 aromatic rings. The maximum absolute atomic E-state index is 13.1. The van der Waals surface area contributed by atoms with Crippen LogP contribution in [0.2, 0.25) is 5.02 Å². The molecule has 156 valence electrons. The normalized spacial score (nSPS) is 11.9. The van der Waals surface area contributed by atoms with Gasteiger partial charge in [-0.25, -0.2) is 4.98 Å². The number of aliphatic hydroxyl groups is 1. The van der Waals surface area contributed by atoms with Gasteiger partial charge in [0.15, 0.2) is 0 Å². The number of carbonyl (C=O) groups excluding carboxylic acids is 1. The highest BCUT2D eigenvalue weighted by atomic mass is 35.5. The van der Waals surface area contributed by atoms with E-state index in [0.29, 0.717) is 27.7 Å². The number of aryl methyl sites for hydroxylation is 1. The van der Waals surface area contributed by atoms with Crippen molar-refractivity contribution in [3.05, 3.63) is 86.8 Å². The standard InChI is InChI=1S/C23H24ClN3O3/c1-15(17-6-4-3-5-7-17)25-21(29)14-27-22(18-8-10-19(24)11-9-18)26-16(2)20(12-13-28)23(27)30/h3-11,15,28H,12-14H2,1-2H3,(H,25,29)/t15-/m1/s1. The van der Waals surface area contributed by atoms with Gasteiger partial charge in [-0.2, -0.15) is 0 Å². The second-order valence-electron chi connectivity index (χ2n) is 7.07. The summed E-state index contributed by atoms with van der Waals surface area (Å²) in [5.74, 6) is 0.0858. The summed E-state index contributed by atoms with van der Waals surface area (Å²) in [5.41, 5.74) is 2.26. The molecular formula is C23H24ClN3O3. The van der Waals surface area contributed by atoms with E-state index >= 15 is 0 Å². The largest absolute Gasteiger partial charge is 0.396 e.